The maximum atomic E-state index is 13.3. The first-order valence-corrected chi connectivity index (χ1v) is 19.1. The quantitative estimate of drug-likeness (QED) is 0.124. The molecule has 2 amide bonds. The molecule has 5 aromatic rings. The Balaban J connectivity index is 1.27. The van der Waals surface area contributed by atoms with E-state index in [1.165, 1.54) is 11.5 Å². The van der Waals surface area contributed by atoms with E-state index in [4.69, 9.17) is 42.4 Å². The van der Waals surface area contributed by atoms with Crippen LogP contribution < -0.4 is 20.9 Å². The zero-order valence-corrected chi connectivity index (χ0v) is 33.8. The molecule has 2 atom stereocenters. The second kappa shape index (κ2) is 17.4. The molecule has 1 aliphatic rings. The van der Waals surface area contributed by atoms with Gasteiger partial charge in [-0.1, -0.05) is 59.6 Å². The molecule has 56 heavy (non-hydrogen) atoms. The van der Waals surface area contributed by atoms with E-state index in [0.717, 1.165) is 11.1 Å². The van der Waals surface area contributed by atoms with Crippen LogP contribution in [0.1, 0.15) is 51.7 Å². The number of amides is 2. The lowest BCUT2D eigenvalue weighted by Gasteiger charge is -2.29. The number of nitrogens with one attached hydrogen (secondary N) is 2. The van der Waals surface area contributed by atoms with Gasteiger partial charge in [0.2, 0.25) is 11.8 Å². The molecule has 4 heterocycles. The highest BCUT2D eigenvalue weighted by atomic mass is 35.5. The average molecular weight is 802 g/mol. The van der Waals surface area contributed by atoms with Crippen molar-refractivity contribution in [3.05, 3.63) is 105 Å². The first-order chi connectivity index (χ1) is 26.8. The SMILES string of the molecule is COc1nc(-c2cccc(-c3cccc(-c4ccn5c(=O)c(CNCC(C)OC)cnc5c4)c3Cl)c2Cl)ccc1CN(C[C@@H]1CCC(=O)N1)C(=O)OC(C)(C)C. The van der Waals surface area contributed by atoms with Gasteiger partial charge in [-0.3, -0.25) is 14.0 Å². The van der Waals surface area contributed by atoms with Crippen molar-refractivity contribution in [3.63, 3.8) is 0 Å². The molecule has 1 saturated heterocycles. The van der Waals surface area contributed by atoms with Crippen LogP contribution in [0.25, 0.3) is 39.2 Å². The van der Waals surface area contributed by atoms with Gasteiger partial charge < -0.3 is 29.7 Å². The minimum absolute atomic E-state index is 0.0221. The second-order valence-electron chi connectivity index (χ2n) is 14.8. The Morgan fingerprint density at radius 1 is 1.00 bits per heavy atom. The van der Waals surface area contributed by atoms with Gasteiger partial charge in [0, 0.05) is 85.0 Å². The number of fused-ring (bicyclic) bond motifs is 1. The van der Waals surface area contributed by atoms with Crippen LogP contribution in [0, 0.1) is 0 Å². The number of hydrogen-bond donors (Lipinski definition) is 2. The summed E-state index contributed by atoms with van der Waals surface area (Å²) in [4.78, 5) is 49.4. The van der Waals surface area contributed by atoms with Crippen LogP contribution in [0.3, 0.4) is 0 Å². The molecule has 0 aliphatic carbocycles. The van der Waals surface area contributed by atoms with E-state index in [1.807, 2.05) is 88.4 Å². The Hall–Kier alpha value is -5.01. The third kappa shape index (κ3) is 9.33. The molecular formula is C42H46Cl2N6O6. The standard InChI is InChI=1S/C42H46Cl2N6O6/c1-25(54-5)20-45-21-28-22-46-35-19-26(17-18-50(35)40(28)52)30-9-7-10-31(37(30)43)32-11-8-12-33(38(32)44)34-15-13-27(39(48-34)55-6)23-49(41(53)56-42(2,3)4)24-29-14-16-36(51)47-29/h7-13,15,17-19,22,25,29,45H,14,16,20-21,23-24H2,1-6H3,(H,47,51)/t25?,29-/m0/s1. The number of carbonyl (C=O) groups is 2. The molecule has 2 aromatic carbocycles. The molecular weight excluding hydrogens is 755 g/mol. The minimum Gasteiger partial charge on any atom is -0.481 e. The molecule has 2 N–H and O–H groups in total. The topological polar surface area (TPSA) is 136 Å². The van der Waals surface area contributed by atoms with Crippen molar-refractivity contribution < 1.29 is 23.8 Å². The summed E-state index contributed by atoms with van der Waals surface area (Å²) in [6.07, 6.45) is 3.87. The number of pyridine rings is 2. The lowest BCUT2D eigenvalue weighted by Crippen LogP contribution is -2.43. The van der Waals surface area contributed by atoms with Gasteiger partial charge in [0.25, 0.3) is 5.56 Å². The first-order valence-electron chi connectivity index (χ1n) is 18.4. The number of ether oxygens (including phenoxy) is 3. The molecule has 3 aromatic heterocycles. The van der Waals surface area contributed by atoms with E-state index in [0.29, 0.717) is 81.0 Å². The summed E-state index contributed by atoms with van der Waals surface area (Å²) in [5.41, 5.74) is 5.00. The van der Waals surface area contributed by atoms with Crippen molar-refractivity contribution >= 4 is 40.8 Å². The van der Waals surface area contributed by atoms with Crippen molar-refractivity contribution in [2.24, 2.45) is 0 Å². The second-order valence-corrected chi connectivity index (χ2v) is 15.5. The zero-order chi connectivity index (χ0) is 40.1. The highest BCUT2D eigenvalue weighted by molar-refractivity contribution is 6.39. The van der Waals surface area contributed by atoms with Crippen LogP contribution in [0.2, 0.25) is 10.0 Å². The van der Waals surface area contributed by atoms with Crippen LogP contribution in [-0.2, 0) is 27.4 Å². The summed E-state index contributed by atoms with van der Waals surface area (Å²) >= 11 is 14.3. The van der Waals surface area contributed by atoms with Gasteiger partial charge in [-0.2, -0.15) is 0 Å². The van der Waals surface area contributed by atoms with Crippen LogP contribution in [0.15, 0.2) is 77.9 Å². The zero-order valence-electron chi connectivity index (χ0n) is 32.3. The lowest BCUT2D eigenvalue weighted by molar-refractivity contribution is -0.119. The predicted octanol–water partition coefficient (Wildman–Crippen LogP) is 7.55. The number of rotatable bonds is 13. The summed E-state index contributed by atoms with van der Waals surface area (Å²) in [5.74, 6) is 0.284. The molecule has 0 spiro atoms. The molecule has 294 valence electrons. The van der Waals surface area contributed by atoms with Gasteiger partial charge in [0.15, 0.2) is 0 Å². The van der Waals surface area contributed by atoms with Crippen molar-refractivity contribution in [2.45, 2.75) is 71.4 Å². The number of hydrogen-bond acceptors (Lipinski definition) is 9. The van der Waals surface area contributed by atoms with Gasteiger partial charge in [-0.05, 0) is 63.9 Å². The lowest BCUT2D eigenvalue weighted by atomic mass is 9.97. The monoisotopic (exact) mass is 800 g/mol. The van der Waals surface area contributed by atoms with Crippen molar-refractivity contribution in [1.82, 2.24) is 29.9 Å². The van der Waals surface area contributed by atoms with E-state index in [1.54, 1.807) is 24.4 Å². The van der Waals surface area contributed by atoms with Gasteiger partial charge in [-0.15, -0.1) is 0 Å². The fourth-order valence-corrected chi connectivity index (χ4v) is 7.19. The minimum atomic E-state index is -0.705. The summed E-state index contributed by atoms with van der Waals surface area (Å²) < 4.78 is 18.2. The van der Waals surface area contributed by atoms with Crippen molar-refractivity contribution in [2.75, 3.05) is 27.3 Å². The maximum Gasteiger partial charge on any atom is 0.410 e. The van der Waals surface area contributed by atoms with E-state index in [2.05, 4.69) is 15.6 Å². The van der Waals surface area contributed by atoms with Gasteiger partial charge in [0.1, 0.15) is 11.2 Å². The summed E-state index contributed by atoms with van der Waals surface area (Å²) in [6, 6.07) is 18.5. The molecule has 1 unspecified atom stereocenters. The van der Waals surface area contributed by atoms with E-state index in [9.17, 15) is 14.4 Å². The van der Waals surface area contributed by atoms with Crippen molar-refractivity contribution in [1.29, 1.82) is 0 Å². The normalized spacial score (nSPS) is 14.8. The summed E-state index contributed by atoms with van der Waals surface area (Å²) in [7, 11) is 3.17. The molecule has 0 bridgehead atoms. The molecule has 1 aliphatic heterocycles. The number of nitrogens with zero attached hydrogens (tertiary/aromatic N) is 4. The third-order valence-corrected chi connectivity index (χ3v) is 10.3. The first kappa shape index (κ1) is 40.6. The van der Waals surface area contributed by atoms with Crippen molar-refractivity contribution in [3.8, 4) is 39.4 Å². The Bertz CT molecular complexity index is 2310. The van der Waals surface area contributed by atoms with E-state index >= 15 is 0 Å². The molecule has 6 rings (SSSR count). The average Bonchev–Trinajstić information content (AvgIpc) is 3.59. The number of aromatic nitrogens is 3. The van der Waals surface area contributed by atoms with Crippen LogP contribution in [0.4, 0.5) is 4.79 Å². The highest BCUT2D eigenvalue weighted by Gasteiger charge is 2.29. The number of methoxy groups -OCH3 is 2. The Kier molecular flexibility index (Phi) is 12.6. The van der Waals surface area contributed by atoms with Gasteiger partial charge >= 0.3 is 6.09 Å². The van der Waals surface area contributed by atoms with E-state index < -0.39 is 11.7 Å². The Morgan fingerprint density at radius 2 is 1.70 bits per heavy atom. The summed E-state index contributed by atoms with van der Waals surface area (Å²) in [5, 5.41) is 7.08. The smallest absolute Gasteiger partial charge is 0.410 e. The van der Waals surface area contributed by atoms with Crippen LogP contribution >= 0.6 is 23.2 Å². The largest absolute Gasteiger partial charge is 0.481 e. The molecule has 0 saturated carbocycles. The number of benzene rings is 2. The molecule has 12 nitrogen and oxygen atoms in total. The van der Waals surface area contributed by atoms with Crippen LogP contribution in [0.5, 0.6) is 5.88 Å². The van der Waals surface area contributed by atoms with Gasteiger partial charge in [0.05, 0.1) is 35.5 Å². The Morgan fingerprint density at radius 3 is 2.36 bits per heavy atom. The van der Waals surface area contributed by atoms with Crippen LogP contribution in [-0.4, -0.2) is 76.3 Å². The molecule has 0 radical (unpaired) electrons. The fraction of sp³-hybridized carbons (Fsp3) is 0.357. The predicted molar refractivity (Wildman–Crippen MR) is 218 cm³/mol. The van der Waals surface area contributed by atoms with Gasteiger partial charge in [-0.25, -0.2) is 14.8 Å². The maximum absolute atomic E-state index is 13.3. The third-order valence-electron chi connectivity index (χ3n) is 9.48. The number of carbonyl (C=O) groups excluding carboxylic acids is 2. The molecule has 14 heteroatoms. The molecule has 1 fully saturated rings. The van der Waals surface area contributed by atoms with E-state index in [-0.39, 0.29) is 36.7 Å². The Labute approximate surface area is 336 Å². The fourth-order valence-electron chi connectivity index (χ4n) is 6.53. The summed E-state index contributed by atoms with van der Waals surface area (Å²) in [6.45, 7) is 8.79. The number of halogens is 2. The highest BCUT2D eigenvalue weighted by Crippen LogP contribution is 2.42.